The number of aliphatic carboxylic acids is 1. The van der Waals surface area contributed by atoms with E-state index in [9.17, 15) is 9.59 Å². The molecule has 0 fully saturated rings. The third-order valence-corrected chi connectivity index (χ3v) is 2.33. The van der Waals surface area contributed by atoms with Gasteiger partial charge in [0.05, 0.1) is 0 Å². The van der Waals surface area contributed by atoms with E-state index in [0.717, 1.165) is 0 Å². The number of carbonyl (C=O) groups is 2. The SMILES string of the molecule is O=C(NC(C(=O)O)c1ccccc1)c1ccon1. The van der Waals surface area contributed by atoms with E-state index in [0.29, 0.717) is 5.56 Å². The number of carboxylic acid groups (broad SMARTS) is 1. The first-order chi connectivity index (χ1) is 8.68. The summed E-state index contributed by atoms with van der Waals surface area (Å²) in [6, 6.07) is 8.67. The molecule has 0 aliphatic carbocycles. The third kappa shape index (κ3) is 2.54. The smallest absolute Gasteiger partial charge is 0.330 e. The molecule has 1 aromatic heterocycles. The molecule has 0 spiro atoms. The highest BCUT2D eigenvalue weighted by atomic mass is 16.5. The fourth-order valence-corrected chi connectivity index (χ4v) is 1.47. The predicted molar refractivity (Wildman–Crippen MR) is 60.8 cm³/mol. The van der Waals surface area contributed by atoms with Crippen LogP contribution in [-0.4, -0.2) is 22.1 Å². The van der Waals surface area contributed by atoms with Crippen molar-refractivity contribution in [3.8, 4) is 0 Å². The van der Waals surface area contributed by atoms with Crippen LogP contribution in [0.2, 0.25) is 0 Å². The molecule has 0 saturated heterocycles. The number of nitrogens with zero attached hydrogens (tertiary/aromatic N) is 1. The largest absolute Gasteiger partial charge is 0.479 e. The highest BCUT2D eigenvalue weighted by Crippen LogP contribution is 2.13. The molecular weight excluding hydrogens is 236 g/mol. The van der Waals surface area contributed by atoms with E-state index >= 15 is 0 Å². The minimum atomic E-state index is -1.14. The molecule has 2 aromatic rings. The van der Waals surface area contributed by atoms with E-state index in [4.69, 9.17) is 5.11 Å². The normalized spacial score (nSPS) is 11.8. The van der Waals surface area contributed by atoms with Gasteiger partial charge in [-0.1, -0.05) is 35.5 Å². The van der Waals surface area contributed by atoms with Crippen LogP contribution in [0, 0.1) is 0 Å². The molecule has 6 nitrogen and oxygen atoms in total. The Hall–Kier alpha value is -2.63. The molecule has 0 aliphatic rings. The summed E-state index contributed by atoms with van der Waals surface area (Å²) >= 11 is 0. The van der Waals surface area contributed by atoms with Crippen LogP contribution in [-0.2, 0) is 4.79 Å². The summed E-state index contributed by atoms with van der Waals surface area (Å²) < 4.78 is 4.53. The molecule has 1 unspecified atom stereocenters. The van der Waals surface area contributed by atoms with E-state index in [1.165, 1.54) is 12.3 Å². The second-order valence-electron chi connectivity index (χ2n) is 3.54. The number of hydrogen-bond donors (Lipinski definition) is 2. The maximum Gasteiger partial charge on any atom is 0.330 e. The summed E-state index contributed by atoms with van der Waals surface area (Å²) in [4.78, 5) is 22.8. The lowest BCUT2D eigenvalue weighted by Gasteiger charge is -2.13. The molecule has 2 rings (SSSR count). The van der Waals surface area contributed by atoms with Crippen LogP contribution in [0.1, 0.15) is 22.1 Å². The second-order valence-corrected chi connectivity index (χ2v) is 3.54. The van der Waals surface area contributed by atoms with Crippen LogP contribution in [0.3, 0.4) is 0 Å². The molecule has 1 amide bonds. The van der Waals surface area contributed by atoms with Gasteiger partial charge in [0.1, 0.15) is 6.26 Å². The Morgan fingerprint density at radius 1 is 1.22 bits per heavy atom. The molecule has 92 valence electrons. The number of rotatable bonds is 4. The number of benzene rings is 1. The topological polar surface area (TPSA) is 92.4 Å². The Bertz CT molecular complexity index is 536. The van der Waals surface area contributed by atoms with Crippen molar-refractivity contribution in [1.82, 2.24) is 10.5 Å². The zero-order chi connectivity index (χ0) is 13.0. The summed E-state index contributed by atoms with van der Waals surface area (Å²) in [6.45, 7) is 0. The molecule has 2 N–H and O–H groups in total. The van der Waals surface area contributed by atoms with E-state index in [1.54, 1.807) is 30.3 Å². The second kappa shape index (κ2) is 5.13. The average Bonchev–Trinajstić information content (AvgIpc) is 2.90. The van der Waals surface area contributed by atoms with Gasteiger partial charge in [0.25, 0.3) is 5.91 Å². The van der Waals surface area contributed by atoms with Crippen molar-refractivity contribution in [1.29, 1.82) is 0 Å². The molecule has 0 radical (unpaired) electrons. The van der Waals surface area contributed by atoms with Gasteiger partial charge in [0.15, 0.2) is 11.7 Å². The summed E-state index contributed by atoms with van der Waals surface area (Å²) in [5.74, 6) is -1.74. The quantitative estimate of drug-likeness (QED) is 0.846. The van der Waals surface area contributed by atoms with Gasteiger partial charge in [0, 0.05) is 6.07 Å². The van der Waals surface area contributed by atoms with Gasteiger partial charge in [-0.2, -0.15) is 0 Å². The molecule has 1 atom stereocenters. The van der Waals surface area contributed by atoms with Crippen molar-refractivity contribution in [2.75, 3.05) is 0 Å². The highest BCUT2D eigenvalue weighted by molar-refractivity contribution is 5.95. The fraction of sp³-hybridized carbons (Fsp3) is 0.0833. The van der Waals surface area contributed by atoms with E-state index < -0.39 is 17.9 Å². The fourth-order valence-electron chi connectivity index (χ4n) is 1.47. The number of amides is 1. The van der Waals surface area contributed by atoms with Crippen molar-refractivity contribution >= 4 is 11.9 Å². The van der Waals surface area contributed by atoms with Gasteiger partial charge < -0.3 is 14.9 Å². The molecule has 6 heteroatoms. The number of hydrogen-bond acceptors (Lipinski definition) is 4. The zero-order valence-corrected chi connectivity index (χ0v) is 9.24. The van der Waals surface area contributed by atoms with Crippen molar-refractivity contribution in [2.24, 2.45) is 0 Å². The lowest BCUT2D eigenvalue weighted by Crippen LogP contribution is -2.33. The first kappa shape index (κ1) is 11.8. The van der Waals surface area contributed by atoms with Crippen LogP contribution < -0.4 is 5.32 Å². The summed E-state index contributed by atoms with van der Waals surface area (Å²) in [5.41, 5.74) is 0.527. The van der Waals surface area contributed by atoms with E-state index in [-0.39, 0.29) is 5.69 Å². The average molecular weight is 246 g/mol. The Kier molecular flexibility index (Phi) is 3.38. The Balaban J connectivity index is 2.18. The van der Waals surface area contributed by atoms with Crippen molar-refractivity contribution in [2.45, 2.75) is 6.04 Å². The molecule has 1 heterocycles. The number of aromatic nitrogens is 1. The first-order valence-corrected chi connectivity index (χ1v) is 5.17. The number of carboxylic acids is 1. The minimum absolute atomic E-state index is 0.0391. The van der Waals surface area contributed by atoms with Gasteiger partial charge in [-0.25, -0.2) is 4.79 Å². The summed E-state index contributed by atoms with van der Waals surface area (Å²) in [6.07, 6.45) is 1.24. The minimum Gasteiger partial charge on any atom is -0.479 e. The van der Waals surface area contributed by atoms with Crippen molar-refractivity contribution < 1.29 is 19.2 Å². The number of carbonyl (C=O) groups excluding carboxylic acids is 1. The Labute approximate surface area is 102 Å². The van der Waals surface area contributed by atoms with Crippen LogP contribution in [0.4, 0.5) is 0 Å². The van der Waals surface area contributed by atoms with Crippen LogP contribution >= 0.6 is 0 Å². The standard InChI is InChI=1S/C12H10N2O4/c15-11(9-6-7-18-14-9)13-10(12(16)17)8-4-2-1-3-5-8/h1-7,10H,(H,13,15)(H,16,17). The molecule has 0 bridgehead atoms. The van der Waals surface area contributed by atoms with E-state index in [1.807, 2.05) is 0 Å². The van der Waals surface area contributed by atoms with Gasteiger partial charge >= 0.3 is 5.97 Å². The van der Waals surface area contributed by atoms with Gasteiger partial charge in [-0.05, 0) is 5.56 Å². The zero-order valence-electron chi connectivity index (χ0n) is 9.24. The molecule has 18 heavy (non-hydrogen) atoms. The molecular formula is C12H10N2O4. The van der Waals surface area contributed by atoms with Gasteiger partial charge in [-0.3, -0.25) is 4.79 Å². The third-order valence-electron chi connectivity index (χ3n) is 2.33. The van der Waals surface area contributed by atoms with Crippen LogP contribution in [0.5, 0.6) is 0 Å². The summed E-state index contributed by atoms with van der Waals surface area (Å²) in [7, 11) is 0. The molecule has 0 aliphatic heterocycles. The van der Waals surface area contributed by atoms with Crippen LogP contribution in [0.15, 0.2) is 47.2 Å². The molecule has 0 saturated carbocycles. The summed E-state index contributed by atoms with van der Waals surface area (Å²) in [5, 5.41) is 14.9. The maximum absolute atomic E-state index is 11.7. The number of nitrogens with one attached hydrogen (secondary N) is 1. The van der Waals surface area contributed by atoms with Crippen LogP contribution in [0.25, 0.3) is 0 Å². The van der Waals surface area contributed by atoms with Gasteiger partial charge in [-0.15, -0.1) is 0 Å². The predicted octanol–water partition coefficient (Wildman–Crippen LogP) is 1.23. The van der Waals surface area contributed by atoms with Crippen molar-refractivity contribution in [3.63, 3.8) is 0 Å². The monoisotopic (exact) mass is 246 g/mol. The molecule has 1 aromatic carbocycles. The Morgan fingerprint density at radius 2 is 1.94 bits per heavy atom. The highest BCUT2D eigenvalue weighted by Gasteiger charge is 2.23. The first-order valence-electron chi connectivity index (χ1n) is 5.17. The Morgan fingerprint density at radius 3 is 2.50 bits per heavy atom. The van der Waals surface area contributed by atoms with E-state index in [2.05, 4.69) is 15.0 Å². The lowest BCUT2D eigenvalue weighted by molar-refractivity contribution is -0.139. The van der Waals surface area contributed by atoms with Gasteiger partial charge in [0.2, 0.25) is 0 Å². The van der Waals surface area contributed by atoms with Crippen molar-refractivity contribution in [3.05, 3.63) is 53.9 Å². The lowest BCUT2D eigenvalue weighted by atomic mass is 10.1. The maximum atomic E-state index is 11.7.